The van der Waals surface area contributed by atoms with E-state index in [-0.39, 0.29) is 17.8 Å². The molecular weight excluding hydrogens is 323 g/mol. The van der Waals surface area contributed by atoms with E-state index in [1.165, 1.54) is 18.5 Å². The molecule has 1 amide bonds. The number of aromatic nitrogens is 3. The van der Waals surface area contributed by atoms with Gasteiger partial charge in [0.25, 0.3) is 0 Å². The lowest BCUT2D eigenvalue weighted by molar-refractivity contribution is -0.109. The molecule has 25 heavy (non-hydrogen) atoms. The third-order valence-corrected chi connectivity index (χ3v) is 4.47. The molecule has 1 atom stereocenters. The van der Waals surface area contributed by atoms with Crippen LogP contribution in [0.5, 0.6) is 0 Å². The highest BCUT2D eigenvalue weighted by Crippen LogP contribution is 2.37. The second-order valence-electron chi connectivity index (χ2n) is 6.40. The van der Waals surface area contributed by atoms with Crippen LogP contribution < -0.4 is 10.3 Å². The summed E-state index contributed by atoms with van der Waals surface area (Å²) in [6, 6.07) is 3.16. The summed E-state index contributed by atoms with van der Waals surface area (Å²) in [6.07, 6.45) is 2.01. The van der Waals surface area contributed by atoms with Gasteiger partial charge in [0.1, 0.15) is 18.0 Å². The van der Waals surface area contributed by atoms with E-state index >= 15 is 0 Å². The Morgan fingerprint density at radius 3 is 2.80 bits per heavy atom. The average Bonchev–Trinajstić information content (AvgIpc) is 2.97. The first-order valence-corrected chi connectivity index (χ1v) is 8.11. The molecule has 0 bridgehead atoms. The van der Waals surface area contributed by atoms with Gasteiger partial charge < -0.3 is 4.90 Å². The molecule has 2 heterocycles. The topological polar surface area (TPSA) is 75.4 Å². The fourth-order valence-corrected chi connectivity index (χ4v) is 3.38. The number of halogens is 1. The number of nitrogens with zero attached hydrogens (tertiary/aromatic N) is 5. The van der Waals surface area contributed by atoms with Gasteiger partial charge in [-0.15, -0.1) is 0 Å². The number of carbonyl (C=O) groups excluding carboxylic acids is 1. The number of aryl methyl sites for hydroxylation is 2. The zero-order valence-corrected chi connectivity index (χ0v) is 14.7. The molecule has 1 aromatic carbocycles. The molecular formula is C17H21FN6O. The molecule has 1 aliphatic rings. The zero-order chi connectivity index (χ0) is 18.1. The predicted molar refractivity (Wildman–Crippen MR) is 93.1 cm³/mol. The van der Waals surface area contributed by atoms with Gasteiger partial charge in [-0.2, -0.15) is 10.2 Å². The Kier molecular flexibility index (Phi) is 4.52. The minimum atomic E-state index is -0.290. The summed E-state index contributed by atoms with van der Waals surface area (Å²) in [5.41, 5.74) is 5.41. The second kappa shape index (κ2) is 6.62. The van der Waals surface area contributed by atoms with E-state index in [0.29, 0.717) is 18.7 Å². The molecule has 0 saturated heterocycles. The number of hydrazone groups is 1. The van der Waals surface area contributed by atoms with Gasteiger partial charge in [0.15, 0.2) is 0 Å². The van der Waals surface area contributed by atoms with Gasteiger partial charge in [0.05, 0.1) is 11.6 Å². The van der Waals surface area contributed by atoms with Gasteiger partial charge in [-0.05, 0) is 38.5 Å². The number of fused-ring (bicyclic) bond motifs is 1. The van der Waals surface area contributed by atoms with Crippen LogP contribution in [0.4, 0.5) is 10.1 Å². The highest BCUT2D eigenvalue weighted by molar-refractivity contribution is 6.12. The van der Waals surface area contributed by atoms with Crippen LogP contribution in [0.3, 0.4) is 0 Å². The molecule has 3 rings (SSSR count). The van der Waals surface area contributed by atoms with Gasteiger partial charge in [-0.3, -0.25) is 9.48 Å². The number of benzene rings is 1. The van der Waals surface area contributed by atoms with Crippen LogP contribution in [0.1, 0.15) is 36.7 Å². The summed E-state index contributed by atoms with van der Waals surface area (Å²) >= 11 is 0. The third kappa shape index (κ3) is 2.99. The fraction of sp³-hybridized carbons (Fsp3) is 0.412. The average molecular weight is 344 g/mol. The molecule has 7 nitrogen and oxygen atoms in total. The summed E-state index contributed by atoms with van der Waals surface area (Å²) in [4.78, 5) is 17.3. The Morgan fingerprint density at radius 2 is 2.20 bits per heavy atom. The lowest BCUT2D eigenvalue weighted by atomic mass is 9.86. The van der Waals surface area contributed by atoms with Crippen molar-refractivity contribution in [1.82, 2.24) is 20.2 Å². The van der Waals surface area contributed by atoms with Crippen molar-refractivity contribution in [3.8, 4) is 0 Å². The number of carbonyl (C=O) groups is 1. The molecule has 1 aliphatic heterocycles. The number of hydrogen-bond donors (Lipinski definition) is 1. The normalized spacial score (nSPS) is 18.6. The third-order valence-electron chi connectivity index (χ3n) is 4.47. The highest BCUT2D eigenvalue weighted by atomic mass is 19.1. The van der Waals surface area contributed by atoms with Crippen LogP contribution in [0.15, 0.2) is 23.6 Å². The Labute approximate surface area is 145 Å². The van der Waals surface area contributed by atoms with Crippen LogP contribution in [0.25, 0.3) is 0 Å². The van der Waals surface area contributed by atoms with Crippen LogP contribution in [0, 0.1) is 12.7 Å². The molecule has 0 unspecified atom stereocenters. The van der Waals surface area contributed by atoms with E-state index in [1.807, 2.05) is 14.0 Å². The number of rotatable bonds is 4. The van der Waals surface area contributed by atoms with Gasteiger partial charge in [-0.25, -0.2) is 14.8 Å². The standard InChI is InChI=1S/C17H21FN6O/c1-10(2)24-7-13(17-19-8-21-23(17)4)16(22-20-9-25)15-11(3)5-12(18)6-14(15)24/h5-6,8-10,13H,7H2,1-4H3,(H,20,25)/b22-16-/t13-/m1/s1. The first-order chi connectivity index (χ1) is 11.9. The molecule has 2 aromatic rings. The van der Waals surface area contributed by atoms with Gasteiger partial charge >= 0.3 is 0 Å². The Morgan fingerprint density at radius 1 is 1.44 bits per heavy atom. The minimum Gasteiger partial charge on any atom is -0.367 e. The van der Waals surface area contributed by atoms with Crippen molar-refractivity contribution in [2.45, 2.75) is 32.7 Å². The van der Waals surface area contributed by atoms with Crippen molar-refractivity contribution >= 4 is 17.8 Å². The molecule has 1 aromatic heterocycles. The van der Waals surface area contributed by atoms with E-state index in [1.54, 1.807) is 4.68 Å². The summed E-state index contributed by atoms with van der Waals surface area (Å²) in [5.74, 6) is 0.257. The smallest absolute Gasteiger partial charge is 0.227 e. The number of amides is 1. The lowest BCUT2D eigenvalue weighted by Crippen LogP contribution is -2.44. The van der Waals surface area contributed by atoms with Crippen LogP contribution in [-0.2, 0) is 11.8 Å². The molecule has 8 heteroatoms. The van der Waals surface area contributed by atoms with E-state index in [4.69, 9.17) is 0 Å². The lowest BCUT2D eigenvalue weighted by Gasteiger charge is -2.39. The molecule has 0 aliphatic carbocycles. The van der Waals surface area contributed by atoms with Crippen molar-refractivity contribution in [1.29, 1.82) is 0 Å². The first-order valence-electron chi connectivity index (χ1n) is 8.11. The van der Waals surface area contributed by atoms with Crippen molar-refractivity contribution in [2.75, 3.05) is 11.4 Å². The summed E-state index contributed by atoms with van der Waals surface area (Å²) in [7, 11) is 1.82. The maximum Gasteiger partial charge on any atom is 0.227 e. The molecule has 0 saturated carbocycles. The van der Waals surface area contributed by atoms with Crippen molar-refractivity contribution in [3.63, 3.8) is 0 Å². The number of anilines is 1. The predicted octanol–water partition coefficient (Wildman–Crippen LogP) is 1.72. The highest BCUT2D eigenvalue weighted by Gasteiger charge is 2.36. The summed E-state index contributed by atoms with van der Waals surface area (Å²) in [5, 5.41) is 8.43. The molecule has 0 spiro atoms. The summed E-state index contributed by atoms with van der Waals surface area (Å²) in [6.45, 7) is 6.53. The maximum atomic E-state index is 14.0. The van der Waals surface area contributed by atoms with E-state index in [0.717, 1.165) is 22.6 Å². The molecule has 0 radical (unpaired) electrons. The van der Waals surface area contributed by atoms with E-state index in [9.17, 15) is 9.18 Å². The second-order valence-corrected chi connectivity index (χ2v) is 6.40. The van der Waals surface area contributed by atoms with E-state index in [2.05, 4.69) is 39.4 Å². The maximum absolute atomic E-state index is 14.0. The van der Waals surface area contributed by atoms with Gasteiger partial charge in [0.2, 0.25) is 6.41 Å². The number of hydrogen-bond acceptors (Lipinski definition) is 5. The van der Waals surface area contributed by atoms with E-state index < -0.39 is 0 Å². The van der Waals surface area contributed by atoms with Crippen LogP contribution in [-0.4, -0.2) is 39.5 Å². The van der Waals surface area contributed by atoms with Crippen molar-refractivity contribution in [3.05, 3.63) is 41.2 Å². The van der Waals surface area contributed by atoms with Gasteiger partial charge in [0, 0.05) is 30.9 Å². The van der Waals surface area contributed by atoms with Gasteiger partial charge in [-0.1, -0.05) is 0 Å². The Hall–Kier alpha value is -2.77. The Balaban J connectivity index is 2.25. The first kappa shape index (κ1) is 17.1. The summed E-state index contributed by atoms with van der Waals surface area (Å²) < 4.78 is 15.7. The Bertz CT molecular complexity index is 829. The minimum absolute atomic E-state index is 0.163. The molecule has 0 fully saturated rings. The van der Waals surface area contributed by atoms with Crippen LogP contribution >= 0.6 is 0 Å². The zero-order valence-electron chi connectivity index (χ0n) is 14.7. The number of nitrogens with one attached hydrogen (secondary N) is 1. The SMILES string of the molecule is Cc1cc(F)cc2c1/C(=N\NC=O)[C@H](c1ncnn1C)CN2C(C)C. The quantitative estimate of drug-likeness (QED) is 0.677. The molecule has 1 N–H and O–H groups in total. The fourth-order valence-electron chi connectivity index (χ4n) is 3.38. The van der Waals surface area contributed by atoms with Crippen LogP contribution in [0.2, 0.25) is 0 Å². The monoisotopic (exact) mass is 344 g/mol. The van der Waals surface area contributed by atoms with Crippen molar-refractivity contribution in [2.24, 2.45) is 12.1 Å². The largest absolute Gasteiger partial charge is 0.367 e. The molecule has 132 valence electrons. The van der Waals surface area contributed by atoms with Crippen molar-refractivity contribution < 1.29 is 9.18 Å².